The molecule has 0 saturated carbocycles. The van der Waals surface area contributed by atoms with Crippen molar-refractivity contribution in [2.24, 2.45) is 11.8 Å². The van der Waals surface area contributed by atoms with E-state index < -0.39 is 0 Å². The molecule has 0 spiro atoms. The molecule has 1 saturated heterocycles. The average molecular weight is 226 g/mol. The van der Waals surface area contributed by atoms with E-state index in [0.717, 1.165) is 11.8 Å². The summed E-state index contributed by atoms with van der Waals surface area (Å²) in [7, 11) is 2.28. The minimum atomic E-state index is 0.864. The summed E-state index contributed by atoms with van der Waals surface area (Å²) in [4.78, 5) is 2.53. The first-order valence-electron chi connectivity index (χ1n) is 7.11. The van der Waals surface area contributed by atoms with Crippen molar-refractivity contribution < 1.29 is 0 Å². The van der Waals surface area contributed by atoms with E-state index in [-0.39, 0.29) is 0 Å². The van der Waals surface area contributed by atoms with Crippen molar-refractivity contribution >= 4 is 0 Å². The lowest BCUT2D eigenvalue weighted by Crippen LogP contribution is -2.31. The van der Waals surface area contributed by atoms with Crippen molar-refractivity contribution in [3.05, 3.63) is 0 Å². The Kier molecular flexibility index (Phi) is 7.06. The van der Waals surface area contributed by atoms with E-state index >= 15 is 0 Å². The van der Waals surface area contributed by atoms with Gasteiger partial charge >= 0.3 is 0 Å². The van der Waals surface area contributed by atoms with E-state index in [2.05, 4.69) is 31.1 Å². The molecule has 0 aromatic heterocycles. The maximum atomic E-state index is 3.44. The average Bonchev–Trinajstić information content (AvgIpc) is 2.28. The van der Waals surface area contributed by atoms with Gasteiger partial charge in [-0.2, -0.15) is 0 Å². The molecule has 1 unspecified atom stereocenters. The molecule has 0 aromatic rings. The number of hydrogen-bond acceptors (Lipinski definition) is 2. The Balaban J connectivity index is 2.06. The lowest BCUT2D eigenvalue weighted by molar-refractivity contribution is 0.241. The second kappa shape index (κ2) is 8.08. The van der Waals surface area contributed by atoms with Crippen LogP contribution in [0.1, 0.15) is 46.0 Å². The van der Waals surface area contributed by atoms with Crippen LogP contribution in [0.15, 0.2) is 0 Å². The van der Waals surface area contributed by atoms with Crippen LogP contribution >= 0.6 is 0 Å². The normalized spacial score (nSPS) is 20.2. The first kappa shape index (κ1) is 14.0. The highest BCUT2D eigenvalue weighted by molar-refractivity contribution is 4.70. The first-order valence-corrected chi connectivity index (χ1v) is 7.11. The molecule has 0 aliphatic carbocycles. The summed E-state index contributed by atoms with van der Waals surface area (Å²) in [6.45, 7) is 9.70. The molecule has 0 aromatic carbocycles. The van der Waals surface area contributed by atoms with Crippen molar-refractivity contribution in [1.82, 2.24) is 10.2 Å². The minimum Gasteiger partial charge on any atom is -0.317 e. The van der Waals surface area contributed by atoms with Gasteiger partial charge in [0.05, 0.1) is 0 Å². The summed E-state index contributed by atoms with van der Waals surface area (Å²) in [5, 5.41) is 3.44. The molecule has 0 bridgehead atoms. The minimum absolute atomic E-state index is 0.864. The maximum Gasteiger partial charge on any atom is 0.000397 e. The second-order valence-electron chi connectivity index (χ2n) is 5.64. The van der Waals surface area contributed by atoms with Gasteiger partial charge < -0.3 is 10.2 Å². The smallest absolute Gasteiger partial charge is 0.000397 e. The quantitative estimate of drug-likeness (QED) is 0.718. The Morgan fingerprint density at radius 1 is 1.31 bits per heavy atom. The molecule has 2 nitrogen and oxygen atoms in total. The highest BCUT2D eigenvalue weighted by Gasteiger charge is 2.14. The molecule has 1 fully saturated rings. The number of nitrogens with zero attached hydrogens (tertiary/aromatic N) is 1. The van der Waals surface area contributed by atoms with Crippen molar-refractivity contribution in [3.8, 4) is 0 Å². The third-order valence-electron chi connectivity index (χ3n) is 3.78. The SMILES string of the molecule is CCCC(C)CN(C)CCC1CCNCC1. The molecule has 2 heteroatoms. The third kappa shape index (κ3) is 5.86. The van der Waals surface area contributed by atoms with Crippen LogP contribution in [0, 0.1) is 11.8 Å². The summed E-state index contributed by atoms with van der Waals surface area (Å²) in [5.74, 6) is 1.84. The van der Waals surface area contributed by atoms with Crippen molar-refractivity contribution in [3.63, 3.8) is 0 Å². The fourth-order valence-corrected chi connectivity index (χ4v) is 2.78. The van der Waals surface area contributed by atoms with Crippen LogP contribution in [0.5, 0.6) is 0 Å². The first-order chi connectivity index (χ1) is 7.72. The third-order valence-corrected chi connectivity index (χ3v) is 3.78. The van der Waals surface area contributed by atoms with Crippen molar-refractivity contribution in [1.29, 1.82) is 0 Å². The van der Waals surface area contributed by atoms with Gasteiger partial charge in [0.2, 0.25) is 0 Å². The zero-order chi connectivity index (χ0) is 11.8. The lowest BCUT2D eigenvalue weighted by atomic mass is 9.94. The zero-order valence-electron chi connectivity index (χ0n) is 11.5. The number of rotatable bonds is 7. The largest absolute Gasteiger partial charge is 0.317 e. The molecule has 1 atom stereocenters. The molecule has 0 radical (unpaired) electrons. The van der Waals surface area contributed by atoms with Crippen molar-refractivity contribution in [2.75, 3.05) is 33.2 Å². The van der Waals surface area contributed by atoms with Gasteiger partial charge in [0.15, 0.2) is 0 Å². The zero-order valence-corrected chi connectivity index (χ0v) is 11.5. The molecule has 1 rings (SSSR count). The Bertz CT molecular complexity index is 164. The van der Waals surface area contributed by atoms with E-state index in [0.29, 0.717) is 0 Å². The molecule has 16 heavy (non-hydrogen) atoms. The predicted molar refractivity (Wildman–Crippen MR) is 71.8 cm³/mol. The molecule has 1 aliphatic rings. The van der Waals surface area contributed by atoms with Gasteiger partial charge in [-0.25, -0.2) is 0 Å². The highest BCUT2D eigenvalue weighted by atomic mass is 15.1. The summed E-state index contributed by atoms with van der Waals surface area (Å²) < 4.78 is 0. The molecule has 1 aliphatic heterocycles. The highest BCUT2D eigenvalue weighted by Crippen LogP contribution is 2.16. The topological polar surface area (TPSA) is 15.3 Å². The fraction of sp³-hybridized carbons (Fsp3) is 1.00. The second-order valence-corrected chi connectivity index (χ2v) is 5.64. The van der Waals surface area contributed by atoms with Crippen LogP contribution in [0.2, 0.25) is 0 Å². The van der Waals surface area contributed by atoms with Gasteiger partial charge in [0.1, 0.15) is 0 Å². The van der Waals surface area contributed by atoms with Crippen LogP contribution in [0.3, 0.4) is 0 Å². The van der Waals surface area contributed by atoms with E-state index in [9.17, 15) is 0 Å². The Hall–Kier alpha value is -0.0800. The fourth-order valence-electron chi connectivity index (χ4n) is 2.78. The van der Waals surface area contributed by atoms with Crippen LogP contribution in [0.4, 0.5) is 0 Å². The summed E-state index contributed by atoms with van der Waals surface area (Å²) in [6, 6.07) is 0. The number of piperidine rings is 1. The van der Waals surface area contributed by atoms with Gasteiger partial charge in [-0.3, -0.25) is 0 Å². The van der Waals surface area contributed by atoms with Gasteiger partial charge in [0.25, 0.3) is 0 Å². The molecule has 96 valence electrons. The van der Waals surface area contributed by atoms with Crippen LogP contribution in [-0.4, -0.2) is 38.1 Å². The number of nitrogens with one attached hydrogen (secondary N) is 1. The van der Waals surface area contributed by atoms with Gasteiger partial charge in [-0.05, 0) is 64.2 Å². The van der Waals surface area contributed by atoms with Crippen LogP contribution in [0.25, 0.3) is 0 Å². The molecule has 1 heterocycles. The van der Waals surface area contributed by atoms with Gasteiger partial charge in [-0.15, -0.1) is 0 Å². The molecule has 1 N–H and O–H groups in total. The van der Waals surface area contributed by atoms with Gasteiger partial charge in [-0.1, -0.05) is 20.3 Å². The maximum absolute atomic E-state index is 3.44. The summed E-state index contributed by atoms with van der Waals surface area (Å²) in [6.07, 6.45) is 6.87. The van der Waals surface area contributed by atoms with Gasteiger partial charge in [0, 0.05) is 6.54 Å². The molecular formula is C14H30N2. The van der Waals surface area contributed by atoms with Crippen LogP contribution < -0.4 is 5.32 Å². The summed E-state index contributed by atoms with van der Waals surface area (Å²) >= 11 is 0. The summed E-state index contributed by atoms with van der Waals surface area (Å²) in [5.41, 5.74) is 0. The Morgan fingerprint density at radius 3 is 2.62 bits per heavy atom. The molecular weight excluding hydrogens is 196 g/mol. The Labute approximate surface area is 102 Å². The van der Waals surface area contributed by atoms with Crippen LogP contribution in [-0.2, 0) is 0 Å². The standard InChI is InChI=1S/C14H30N2/c1-4-5-13(2)12-16(3)11-8-14-6-9-15-10-7-14/h13-15H,4-12H2,1-3H3. The predicted octanol–water partition coefficient (Wildman–Crippen LogP) is 2.74. The van der Waals surface area contributed by atoms with E-state index in [1.807, 2.05) is 0 Å². The molecule has 0 amide bonds. The van der Waals surface area contributed by atoms with E-state index in [1.54, 1.807) is 0 Å². The van der Waals surface area contributed by atoms with E-state index in [4.69, 9.17) is 0 Å². The lowest BCUT2D eigenvalue weighted by Gasteiger charge is -2.26. The van der Waals surface area contributed by atoms with Crippen molar-refractivity contribution in [2.45, 2.75) is 46.0 Å². The van der Waals surface area contributed by atoms with E-state index in [1.165, 1.54) is 58.3 Å². The number of hydrogen-bond donors (Lipinski definition) is 1. The monoisotopic (exact) mass is 226 g/mol. The Morgan fingerprint density at radius 2 is 2.00 bits per heavy atom.